The van der Waals surface area contributed by atoms with Crippen molar-refractivity contribution in [3.8, 4) is 0 Å². The van der Waals surface area contributed by atoms with Gasteiger partial charge in [-0.1, -0.05) is 62.7 Å². The topological polar surface area (TPSA) is 128 Å². The van der Waals surface area contributed by atoms with E-state index in [4.69, 9.17) is 9.88 Å². The van der Waals surface area contributed by atoms with E-state index in [0.717, 1.165) is 11.1 Å². The number of benzene rings is 2. The van der Waals surface area contributed by atoms with Crippen molar-refractivity contribution in [1.82, 2.24) is 10.6 Å². The molecule has 0 aromatic heterocycles. The number of alkyl carbamates (subject to hydrolysis) is 1. The molecule has 0 bridgehead atoms. The number of hydrogen-bond acceptors (Lipinski definition) is 5. The summed E-state index contributed by atoms with van der Waals surface area (Å²) < 4.78 is 27.8. The van der Waals surface area contributed by atoms with Gasteiger partial charge in [0.25, 0.3) is 0 Å². The van der Waals surface area contributed by atoms with E-state index in [2.05, 4.69) is 10.6 Å². The molecule has 0 saturated carbocycles. The lowest BCUT2D eigenvalue weighted by atomic mass is 9.98. The second-order valence-corrected chi connectivity index (χ2v) is 8.86. The van der Waals surface area contributed by atoms with E-state index in [-0.39, 0.29) is 23.3 Å². The molecule has 0 radical (unpaired) electrons. The van der Waals surface area contributed by atoms with Crippen LogP contribution >= 0.6 is 0 Å². The van der Waals surface area contributed by atoms with Crippen molar-refractivity contribution < 1.29 is 22.7 Å². The first-order valence-electron chi connectivity index (χ1n) is 10.1. The van der Waals surface area contributed by atoms with Crippen LogP contribution in [0.2, 0.25) is 0 Å². The smallest absolute Gasteiger partial charge is 0.408 e. The molecule has 2 amide bonds. The summed E-state index contributed by atoms with van der Waals surface area (Å²) in [5, 5.41) is 10.6. The highest BCUT2D eigenvalue weighted by Gasteiger charge is 2.26. The third kappa shape index (κ3) is 8.03. The molecule has 0 heterocycles. The molecule has 2 aromatic carbocycles. The molecule has 0 aliphatic rings. The van der Waals surface area contributed by atoms with E-state index in [1.165, 1.54) is 12.1 Å². The minimum Gasteiger partial charge on any atom is -0.445 e. The Morgan fingerprint density at radius 2 is 1.68 bits per heavy atom. The fraction of sp³-hybridized carbons (Fsp3) is 0.364. The Hall–Kier alpha value is -2.91. The number of nitrogens with two attached hydrogens (primary N) is 1. The molecule has 2 rings (SSSR count). The van der Waals surface area contributed by atoms with Gasteiger partial charge in [-0.3, -0.25) is 4.79 Å². The average molecular weight is 448 g/mol. The van der Waals surface area contributed by atoms with Gasteiger partial charge in [0.2, 0.25) is 15.9 Å². The van der Waals surface area contributed by atoms with E-state index >= 15 is 0 Å². The van der Waals surface area contributed by atoms with Gasteiger partial charge in [0.05, 0.1) is 4.90 Å². The minimum absolute atomic E-state index is 0.0373. The van der Waals surface area contributed by atoms with E-state index in [0.29, 0.717) is 19.4 Å². The third-order valence-electron chi connectivity index (χ3n) is 4.95. The zero-order chi connectivity index (χ0) is 22.9. The maximum absolute atomic E-state index is 12.7. The van der Waals surface area contributed by atoms with Crippen LogP contribution in [0.15, 0.2) is 59.5 Å². The molecule has 0 spiro atoms. The van der Waals surface area contributed by atoms with Crippen LogP contribution in [0.5, 0.6) is 0 Å². The van der Waals surface area contributed by atoms with Crippen LogP contribution in [-0.2, 0) is 32.6 Å². The molecule has 2 aromatic rings. The number of primary sulfonamides is 1. The van der Waals surface area contributed by atoms with Crippen LogP contribution in [0.4, 0.5) is 4.79 Å². The number of carbonyl (C=O) groups is 2. The predicted octanol–water partition coefficient (Wildman–Crippen LogP) is 2.33. The standard InChI is InChI=1S/C22H29N3O5S/c1-3-16(2)20(25-22(27)30-15-18-7-5-4-6-8-18)21(26)24-14-13-17-9-11-19(12-10-17)31(23,28)29/h4-12,16,20H,3,13-15H2,1-2H3,(H,24,26)(H,25,27)(H2,23,28,29)/t16-,20-/m0/s1. The summed E-state index contributed by atoms with van der Waals surface area (Å²) in [6.45, 7) is 4.28. The monoisotopic (exact) mass is 447 g/mol. The fourth-order valence-corrected chi connectivity index (χ4v) is 3.39. The summed E-state index contributed by atoms with van der Waals surface area (Å²) in [6.07, 6.45) is 0.553. The molecule has 31 heavy (non-hydrogen) atoms. The highest BCUT2D eigenvalue weighted by atomic mass is 32.2. The Morgan fingerprint density at radius 1 is 1.03 bits per heavy atom. The van der Waals surface area contributed by atoms with E-state index in [1.807, 2.05) is 44.2 Å². The van der Waals surface area contributed by atoms with Gasteiger partial charge < -0.3 is 15.4 Å². The molecule has 4 N–H and O–H groups in total. The average Bonchev–Trinajstić information content (AvgIpc) is 2.76. The van der Waals surface area contributed by atoms with Crippen molar-refractivity contribution in [2.45, 2.75) is 44.2 Å². The first-order valence-corrected chi connectivity index (χ1v) is 11.6. The fourth-order valence-electron chi connectivity index (χ4n) is 2.88. The van der Waals surface area contributed by atoms with Crippen molar-refractivity contribution in [3.05, 3.63) is 65.7 Å². The van der Waals surface area contributed by atoms with Crippen LogP contribution in [0, 0.1) is 5.92 Å². The number of hydrogen-bond donors (Lipinski definition) is 3. The summed E-state index contributed by atoms with van der Waals surface area (Å²) in [5.41, 5.74) is 1.71. The van der Waals surface area contributed by atoms with Crippen LogP contribution in [0.3, 0.4) is 0 Å². The summed E-state index contributed by atoms with van der Waals surface area (Å²) in [6, 6.07) is 14.7. The maximum atomic E-state index is 12.7. The normalized spacial score (nSPS) is 13.1. The van der Waals surface area contributed by atoms with Crippen molar-refractivity contribution in [2.24, 2.45) is 11.1 Å². The molecule has 0 fully saturated rings. The second kappa shape index (κ2) is 11.5. The highest BCUT2D eigenvalue weighted by molar-refractivity contribution is 7.89. The first-order chi connectivity index (χ1) is 14.7. The molecule has 168 valence electrons. The van der Waals surface area contributed by atoms with Crippen LogP contribution in [0.1, 0.15) is 31.4 Å². The Balaban J connectivity index is 1.86. The zero-order valence-corrected chi connectivity index (χ0v) is 18.5. The quantitative estimate of drug-likeness (QED) is 0.515. The van der Waals surface area contributed by atoms with E-state index in [1.54, 1.807) is 12.1 Å². The molecular weight excluding hydrogens is 418 g/mol. The lowest BCUT2D eigenvalue weighted by molar-refractivity contribution is -0.124. The van der Waals surface area contributed by atoms with Gasteiger partial charge in [-0.15, -0.1) is 0 Å². The Kier molecular flexibility index (Phi) is 9.02. The molecule has 0 unspecified atom stereocenters. The van der Waals surface area contributed by atoms with Gasteiger partial charge in [0.1, 0.15) is 12.6 Å². The van der Waals surface area contributed by atoms with Crippen molar-refractivity contribution in [1.29, 1.82) is 0 Å². The molecule has 9 heteroatoms. The summed E-state index contributed by atoms with van der Waals surface area (Å²) in [4.78, 5) is 24.9. The molecule has 0 saturated heterocycles. The van der Waals surface area contributed by atoms with Crippen LogP contribution < -0.4 is 15.8 Å². The predicted molar refractivity (Wildman–Crippen MR) is 118 cm³/mol. The summed E-state index contributed by atoms with van der Waals surface area (Å²) in [7, 11) is -3.73. The number of amides is 2. The largest absolute Gasteiger partial charge is 0.445 e. The highest BCUT2D eigenvalue weighted by Crippen LogP contribution is 2.11. The van der Waals surface area contributed by atoms with Gasteiger partial charge in [0, 0.05) is 6.54 Å². The molecular formula is C22H29N3O5S. The number of sulfonamides is 1. The maximum Gasteiger partial charge on any atom is 0.408 e. The molecule has 0 aliphatic carbocycles. The lowest BCUT2D eigenvalue weighted by Crippen LogP contribution is -2.50. The number of nitrogens with one attached hydrogen (secondary N) is 2. The van der Waals surface area contributed by atoms with Gasteiger partial charge in [0.15, 0.2) is 0 Å². The third-order valence-corrected chi connectivity index (χ3v) is 5.88. The van der Waals surface area contributed by atoms with Crippen molar-refractivity contribution >= 4 is 22.0 Å². The van der Waals surface area contributed by atoms with Gasteiger partial charge in [-0.05, 0) is 35.6 Å². The van der Waals surface area contributed by atoms with Gasteiger partial charge in [-0.2, -0.15) is 0 Å². The van der Waals surface area contributed by atoms with Crippen LogP contribution in [-0.4, -0.2) is 33.0 Å². The summed E-state index contributed by atoms with van der Waals surface area (Å²) >= 11 is 0. The Labute approximate surface area is 183 Å². The van der Waals surface area contributed by atoms with E-state index < -0.39 is 22.2 Å². The number of ether oxygens (including phenoxy) is 1. The van der Waals surface area contributed by atoms with Gasteiger partial charge >= 0.3 is 6.09 Å². The molecule has 2 atom stereocenters. The van der Waals surface area contributed by atoms with Crippen molar-refractivity contribution in [3.63, 3.8) is 0 Å². The van der Waals surface area contributed by atoms with E-state index in [9.17, 15) is 18.0 Å². The lowest BCUT2D eigenvalue weighted by Gasteiger charge is -2.23. The SMILES string of the molecule is CC[C@H](C)[C@H](NC(=O)OCc1ccccc1)C(=O)NCCc1ccc(S(N)(=O)=O)cc1. The first kappa shape index (κ1) is 24.4. The number of rotatable bonds is 10. The Morgan fingerprint density at radius 3 is 2.26 bits per heavy atom. The summed E-state index contributed by atoms with van der Waals surface area (Å²) in [5.74, 6) is -0.384. The van der Waals surface area contributed by atoms with Crippen LogP contribution in [0.25, 0.3) is 0 Å². The second-order valence-electron chi connectivity index (χ2n) is 7.30. The molecule has 8 nitrogen and oxygen atoms in total. The zero-order valence-electron chi connectivity index (χ0n) is 17.7. The number of carbonyl (C=O) groups excluding carboxylic acids is 2. The van der Waals surface area contributed by atoms with Crippen molar-refractivity contribution in [2.75, 3.05) is 6.54 Å². The molecule has 0 aliphatic heterocycles. The van der Waals surface area contributed by atoms with Gasteiger partial charge in [-0.25, -0.2) is 18.4 Å². The minimum atomic E-state index is -3.73. The Bertz CT molecular complexity index is 962.